The molecular formula is C28H38ClNO6. The second kappa shape index (κ2) is 10.9. The minimum Gasteiger partial charge on any atom is -0.456 e. The molecule has 2 N–H and O–H groups in total. The highest BCUT2D eigenvalue weighted by Gasteiger charge is 2.54. The minimum atomic E-state index is -1.18. The number of aliphatic hydroxyl groups is 2. The zero-order valence-corrected chi connectivity index (χ0v) is 22.1. The summed E-state index contributed by atoms with van der Waals surface area (Å²) in [5, 5.41) is 22.3. The highest BCUT2D eigenvalue weighted by Crippen LogP contribution is 2.49. The first-order valence-electron chi connectivity index (χ1n) is 13.1. The number of ether oxygens (including phenoxy) is 2. The zero-order chi connectivity index (χ0) is 26.1. The van der Waals surface area contributed by atoms with E-state index in [-0.39, 0.29) is 29.8 Å². The van der Waals surface area contributed by atoms with E-state index in [0.717, 1.165) is 25.7 Å². The molecule has 0 radical (unpaired) electrons. The van der Waals surface area contributed by atoms with Crippen molar-refractivity contribution in [2.45, 2.75) is 102 Å². The number of aromatic nitrogens is 1. The number of carbonyl (C=O) groups is 2. The van der Waals surface area contributed by atoms with Gasteiger partial charge < -0.3 is 19.7 Å². The van der Waals surface area contributed by atoms with Crippen molar-refractivity contribution in [3.05, 3.63) is 35.1 Å². The van der Waals surface area contributed by atoms with E-state index >= 15 is 0 Å². The van der Waals surface area contributed by atoms with Gasteiger partial charge in [0.05, 0.1) is 46.5 Å². The Labute approximate surface area is 218 Å². The summed E-state index contributed by atoms with van der Waals surface area (Å²) in [6.45, 7) is 5.73. The van der Waals surface area contributed by atoms with Crippen molar-refractivity contribution in [1.82, 2.24) is 4.98 Å². The number of epoxide rings is 1. The summed E-state index contributed by atoms with van der Waals surface area (Å²) in [4.78, 5) is 30.7. The molecule has 7 nitrogen and oxygen atoms in total. The number of ketones is 1. The molecule has 3 fully saturated rings. The highest BCUT2D eigenvalue weighted by atomic mass is 35.5. The van der Waals surface area contributed by atoms with Crippen LogP contribution in [0.3, 0.4) is 0 Å². The van der Waals surface area contributed by atoms with E-state index in [2.05, 4.69) is 4.98 Å². The molecule has 0 amide bonds. The monoisotopic (exact) mass is 519 g/mol. The molecule has 0 aromatic carbocycles. The molecule has 2 saturated heterocycles. The molecular weight excluding hydrogens is 482 g/mol. The number of carbonyl (C=O) groups excluding carboxylic acids is 2. The van der Waals surface area contributed by atoms with Crippen LogP contribution in [0.2, 0.25) is 0 Å². The van der Waals surface area contributed by atoms with Gasteiger partial charge in [-0.1, -0.05) is 44.4 Å². The fraction of sp³-hybridized carbons (Fsp3) is 0.679. The average Bonchev–Trinajstić information content (AvgIpc) is 3.45. The lowest BCUT2D eigenvalue weighted by Crippen LogP contribution is -2.53. The number of hydrogen-bond acceptors (Lipinski definition) is 7. The third-order valence-corrected chi connectivity index (χ3v) is 8.95. The Bertz CT molecular complexity index is 980. The molecule has 1 saturated carbocycles. The van der Waals surface area contributed by atoms with Gasteiger partial charge in [-0.05, 0) is 56.7 Å². The number of fused-ring (bicyclic) bond motifs is 1. The molecule has 1 aromatic heterocycles. The highest BCUT2D eigenvalue weighted by molar-refractivity contribution is 6.32. The lowest BCUT2D eigenvalue weighted by atomic mass is 9.58. The fourth-order valence-corrected chi connectivity index (χ4v) is 6.07. The molecule has 4 rings (SSSR count). The molecule has 3 heterocycles. The van der Waals surface area contributed by atoms with Crippen molar-refractivity contribution in [1.29, 1.82) is 0 Å². The fourth-order valence-electron chi connectivity index (χ4n) is 5.82. The van der Waals surface area contributed by atoms with Crippen LogP contribution in [0.5, 0.6) is 0 Å². The van der Waals surface area contributed by atoms with E-state index in [0.29, 0.717) is 30.0 Å². The summed E-state index contributed by atoms with van der Waals surface area (Å²) >= 11 is 6.64. The first kappa shape index (κ1) is 27.2. The maximum Gasteiger partial charge on any atom is 0.309 e. The van der Waals surface area contributed by atoms with Crippen molar-refractivity contribution >= 4 is 29.4 Å². The van der Waals surface area contributed by atoms with E-state index in [1.54, 1.807) is 25.3 Å². The van der Waals surface area contributed by atoms with Crippen LogP contribution in [0.25, 0.3) is 6.08 Å². The maximum atomic E-state index is 13.5. The Morgan fingerprint density at radius 2 is 1.92 bits per heavy atom. The molecule has 8 heteroatoms. The average molecular weight is 520 g/mol. The van der Waals surface area contributed by atoms with Gasteiger partial charge in [0, 0.05) is 18.5 Å². The third-order valence-electron chi connectivity index (χ3n) is 8.59. The van der Waals surface area contributed by atoms with Gasteiger partial charge in [0.2, 0.25) is 0 Å². The molecule has 3 aliphatic rings. The SMILES string of the molecule is C[C@H]1CCCC2(C)OC2C[C@@H](C(Cl)=Cc2ccccn2)OC(=O)C[C@H](O)C2(CCC2)C(=O)[C@H](C)[C@H]1O. The van der Waals surface area contributed by atoms with Crippen molar-refractivity contribution in [2.75, 3.05) is 0 Å². The van der Waals surface area contributed by atoms with Gasteiger partial charge >= 0.3 is 5.97 Å². The van der Waals surface area contributed by atoms with Crippen molar-refractivity contribution in [3.8, 4) is 0 Å². The van der Waals surface area contributed by atoms with Crippen LogP contribution in [0, 0.1) is 17.3 Å². The standard InChI is InChI=1S/C28H38ClNO6/c1-17-8-6-10-27(3)23(36-27)15-21(20(29)14-19-9-4-5-13-30-19)35-24(32)16-22(31)28(11-7-12-28)26(34)18(2)25(17)33/h4-5,9,13-14,17-18,21-23,25,31,33H,6-8,10-12,15-16H2,1-3H3/t17-,18+,21-,22-,23?,25-,27?/m0/s1. The molecule has 198 valence electrons. The molecule has 2 aliphatic heterocycles. The van der Waals surface area contributed by atoms with Crippen LogP contribution in [0.1, 0.15) is 77.8 Å². The van der Waals surface area contributed by atoms with Gasteiger partial charge in [0.1, 0.15) is 11.9 Å². The largest absolute Gasteiger partial charge is 0.456 e. The van der Waals surface area contributed by atoms with E-state index < -0.39 is 35.6 Å². The topological polar surface area (TPSA) is 109 Å². The number of hydrogen-bond donors (Lipinski definition) is 2. The number of cyclic esters (lactones) is 1. The minimum absolute atomic E-state index is 0.0691. The van der Waals surface area contributed by atoms with Crippen LogP contribution in [-0.2, 0) is 19.1 Å². The summed E-state index contributed by atoms with van der Waals surface area (Å²) in [6.07, 6.45) is 4.76. The summed E-state index contributed by atoms with van der Waals surface area (Å²) in [6, 6.07) is 5.46. The molecule has 1 aromatic rings. The van der Waals surface area contributed by atoms with Crippen molar-refractivity contribution in [2.24, 2.45) is 17.3 Å². The first-order valence-corrected chi connectivity index (χ1v) is 13.5. The maximum absolute atomic E-state index is 13.5. The van der Waals surface area contributed by atoms with Gasteiger partial charge in [-0.2, -0.15) is 0 Å². The lowest BCUT2D eigenvalue weighted by Gasteiger charge is -2.46. The Hall–Kier alpha value is -1.80. The van der Waals surface area contributed by atoms with Crippen LogP contribution >= 0.6 is 11.6 Å². The zero-order valence-electron chi connectivity index (χ0n) is 21.4. The second-order valence-electron chi connectivity index (χ2n) is 11.2. The Morgan fingerprint density at radius 3 is 2.56 bits per heavy atom. The van der Waals surface area contributed by atoms with E-state index in [1.807, 2.05) is 26.0 Å². The number of esters is 1. The van der Waals surface area contributed by atoms with Gasteiger partial charge in [0.25, 0.3) is 0 Å². The quantitative estimate of drug-likeness (QED) is 0.439. The normalized spacial score (nSPS) is 38.1. The number of pyridine rings is 1. The number of rotatable bonds is 2. The van der Waals surface area contributed by atoms with E-state index in [9.17, 15) is 19.8 Å². The van der Waals surface area contributed by atoms with Gasteiger partial charge in [-0.25, -0.2) is 0 Å². The van der Waals surface area contributed by atoms with Gasteiger partial charge in [-0.3, -0.25) is 14.6 Å². The second-order valence-corrected chi connectivity index (χ2v) is 11.6. The molecule has 0 bridgehead atoms. The number of halogens is 1. The molecule has 36 heavy (non-hydrogen) atoms. The summed E-state index contributed by atoms with van der Waals surface area (Å²) in [5.74, 6) is -1.47. The van der Waals surface area contributed by atoms with Gasteiger partial charge in [0.15, 0.2) is 0 Å². The summed E-state index contributed by atoms with van der Waals surface area (Å²) in [5.41, 5.74) is -0.728. The Balaban J connectivity index is 1.58. The summed E-state index contributed by atoms with van der Waals surface area (Å²) < 4.78 is 11.8. The Morgan fingerprint density at radius 1 is 1.17 bits per heavy atom. The number of nitrogens with zero attached hydrogens (tertiary/aromatic N) is 1. The Kier molecular flexibility index (Phi) is 8.25. The van der Waals surface area contributed by atoms with E-state index in [4.69, 9.17) is 21.1 Å². The molecule has 7 atom stereocenters. The van der Waals surface area contributed by atoms with Crippen LogP contribution in [0.15, 0.2) is 29.4 Å². The third kappa shape index (κ3) is 5.69. The predicted molar refractivity (Wildman–Crippen MR) is 136 cm³/mol. The number of Topliss-reactive ketones (excluding diaryl/α,β-unsaturated/α-hetero) is 1. The molecule has 1 spiro atoms. The smallest absolute Gasteiger partial charge is 0.309 e. The van der Waals surface area contributed by atoms with Crippen molar-refractivity contribution < 1.29 is 29.3 Å². The van der Waals surface area contributed by atoms with Crippen LogP contribution in [0.4, 0.5) is 0 Å². The lowest BCUT2D eigenvalue weighted by molar-refractivity contribution is -0.161. The number of aliphatic hydroxyl groups excluding tert-OH is 2. The van der Waals surface area contributed by atoms with Gasteiger partial charge in [-0.15, -0.1) is 0 Å². The predicted octanol–water partition coefficient (Wildman–Crippen LogP) is 4.43. The van der Waals surface area contributed by atoms with Crippen LogP contribution in [-0.4, -0.2) is 57.0 Å². The van der Waals surface area contributed by atoms with Crippen LogP contribution < -0.4 is 0 Å². The summed E-state index contributed by atoms with van der Waals surface area (Å²) in [7, 11) is 0. The van der Waals surface area contributed by atoms with E-state index in [1.165, 1.54) is 0 Å². The molecule has 1 aliphatic carbocycles. The molecule has 2 unspecified atom stereocenters. The first-order chi connectivity index (χ1) is 17.1. The van der Waals surface area contributed by atoms with Crippen molar-refractivity contribution in [3.63, 3.8) is 0 Å².